The lowest BCUT2D eigenvalue weighted by atomic mass is 9.85. The predicted octanol–water partition coefficient (Wildman–Crippen LogP) is 2.97. The highest BCUT2D eigenvalue weighted by Crippen LogP contribution is 2.37. The minimum absolute atomic E-state index is 0.0167. The highest BCUT2D eigenvalue weighted by Gasteiger charge is 2.38. The monoisotopic (exact) mass is 334 g/mol. The van der Waals surface area contributed by atoms with Gasteiger partial charge < -0.3 is 10.6 Å². The van der Waals surface area contributed by atoms with Crippen molar-refractivity contribution in [2.24, 2.45) is 0 Å². The average molecular weight is 334 g/mol. The molecule has 0 unspecified atom stereocenters. The summed E-state index contributed by atoms with van der Waals surface area (Å²) >= 11 is 0. The molecule has 1 aliphatic heterocycles. The minimum Gasteiger partial charge on any atom is -0.326 e. The van der Waals surface area contributed by atoms with E-state index >= 15 is 0 Å². The molecule has 6 heteroatoms. The van der Waals surface area contributed by atoms with E-state index in [4.69, 9.17) is 0 Å². The summed E-state index contributed by atoms with van der Waals surface area (Å²) in [6.45, 7) is 3.77. The largest absolute Gasteiger partial charge is 0.326 e. The third-order valence-electron chi connectivity index (χ3n) is 4.66. The van der Waals surface area contributed by atoms with Gasteiger partial charge in [-0.25, -0.2) is 0 Å². The van der Waals surface area contributed by atoms with Crippen molar-refractivity contribution in [3.63, 3.8) is 0 Å². The summed E-state index contributed by atoms with van der Waals surface area (Å²) < 4.78 is 0. The second-order valence-electron chi connectivity index (χ2n) is 6.86. The number of rotatable bonds is 3. The third kappa shape index (κ3) is 2.65. The molecule has 0 bridgehead atoms. The molecule has 0 atom stereocenters. The lowest BCUT2D eigenvalue weighted by Gasteiger charge is -2.15. The number of hydrogen-bond donors (Lipinski definition) is 3. The number of aromatic nitrogens is 2. The zero-order chi connectivity index (χ0) is 17.6. The van der Waals surface area contributed by atoms with Gasteiger partial charge in [-0.15, -0.1) is 0 Å². The summed E-state index contributed by atoms with van der Waals surface area (Å²) in [4.78, 5) is 24.4. The van der Waals surface area contributed by atoms with Crippen molar-refractivity contribution in [2.45, 2.75) is 25.7 Å². The maximum atomic E-state index is 12.4. The van der Waals surface area contributed by atoms with Crippen molar-refractivity contribution in [1.82, 2.24) is 10.2 Å². The van der Waals surface area contributed by atoms with Crippen LogP contribution in [0.3, 0.4) is 0 Å². The summed E-state index contributed by atoms with van der Waals surface area (Å²) in [7, 11) is 0. The molecule has 6 nitrogen and oxygen atoms in total. The first-order valence-corrected chi connectivity index (χ1v) is 8.11. The van der Waals surface area contributed by atoms with Crippen LogP contribution in [-0.4, -0.2) is 22.0 Å². The second kappa shape index (κ2) is 5.44. The molecular weight excluding hydrogens is 316 g/mol. The Morgan fingerprint density at radius 1 is 1.20 bits per heavy atom. The smallest absolute Gasteiger partial charge is 0.234 e. The first kappa shape index (κ1) is 15.4. The van der Waals surface area contributed by atoms with E-state index in [-0.39, 0.29) is 18.2 Å². The van der Waals surface area contributed by atoms with Crippen LogP contribution in [0.1, 0.15) is 25.0 Å². The van der Waals surface area contributed by atoms with Gasteiger partial charge in [0.2, 0.25) is 11.8 Å². The number of amides is 2. The van der Waals surface area contributed by atoms with Crippen LogP contribution in [0.4, 0.5) is 11.4 Å². The summed E-state index contributed by atoms with van der Waals surface area (Å²) in [5.74, 6) is -0.120. The van der Waals surface area contributed by atoms with Gasteiger partial charge in [-0.2, -0.15) is 5.10 Å². The topological polar surface area (TPSA) is 86.9 Å². The molecule has 0 spiro atoms. The molecule has 0 fully saturated rings. The van der Waals surface area contributed by atoms with Gasteiger partial charge in [-0.3, -0.25) is 14.7 Å². The molecular formula is C19H18N4O2. The molecule has 0 saturated carbocycles. The number of nitrogens with zero attached hydrogens (tertiary/aromatic N) is 1. The number of aromatic amines is 1. The number of benzene rings is 2. The SMILES string of the molecule is CC1(C)C(=O)Nc2ccc(CC(=O)Nc3ccc4cn[nH]c4c3)cc21. The number of nitrogens with one attached hydrogen (secondary N) is 3. The molecule has 3 aromatic rings. The number of carbonyl (C=O) groups excluding carboxylic acids is 2. The number of fused-ring (bicyclic) bond motifs is 2. The van der Waals surface area contributed by atoms with Gasteiger partial charge in [0.25, 0.3) is 0 Å². The molecule has 0 aliphatic carbocycles. The number of anilines is 2. The van der Waals surface area contributed by atoms with E-state index < -0.39 is 5.41 Å². The molecule has 0 saturated heterocycles. The van der Waals surface area contributed by atoms with Crippen LogP contribution in [0.15, 0.2) is 42.6 Å². The quantitative estimate of drug-likeness (QED) is 0.688. The van der Waals surface area contributed by atoms with Crippen LogP contribution in [-0.2, 0) is 21.4 Å². The van der Waals surface area contributed by atoms with Crippen LogP contribution < -0.4 is 10.6 Å². The van der Waals surface area contributed by atoms with E-state index in [0.29, 0.717) is 0 Å². The highest BCUT2D eigenvalue weighted by molar-refractivity contribution is 6.05. The van der Waals surface area contributed by atoms with Gasteiger partial charge in [0, 0.05) is 16.8 Å². The van der Waals surface area contributed by atoms with Crippen LogP contribution in [0.2, 0.25) is 0 Å². The fraction of sp³-hybridized carbons (Fsp3) is 0.211. The van der Waals surface area contributed by atoms with E-state index in [9.17, 15) is 9.59 Å². The van der Waals surface area contributed by atoms with E-state index in [1.807, 2.05) is 50.2 Å². The molecule has 1 aliphatic rings. The highest BCUT2D eigenvalue weighted by atomic mass is 16.2. The van der Waals surface area contributed by atoms with Crippen LogP contribution in [0.5, 0.6) is 0 Å². The van der Waals surface area contributed by atoms with Crippen molar-refractivity contribution < 1.29 is 9.59 Å². The Labute approximate surface area is 144 Å². The fourth-order valence-electron chi connectivity index (χ4n) is 3.13. The van der Waals surface area contributed by atoms with Crippen LogP contribution in [0.25, 0.3) is 10.9 Å². The van der Waals surface area contributed by atoms with Crippen LogP contribution in [0, 0.1) is 0 Å². The summed E-state index contributed by atoms with van der Waals surface area (Å²) in [5.41, 5.74) is 3.66. The fourth-order valence-corrected chi connectivity index (χ4v) is 3.13. The molecule has 126 valence electrons. The summed E-state index contributed by atoms with van der Waals surface area (Å²) in [6, 6.07) is 11.3. The molecule has 2 amide bonds. The van der Waals surface area contributed by atoms with Crippen molar-refractivity contribution in [3.05, 3.63) is 53.7 Å². The zero-order valence-corrected chi connectivity index (χ0v) is 14.0. The van der Waals surface area contributed by atoms with Gasteiger partial charge in [0.15, 0.2) is 0 Å². The standard InChI is InChI=1S/C19H18N4O2/c1-19(2)14-7-11(3-6-15(14)22-18(19)25)8-17(24)21-13-5-4-12-10-20-23-16(12)9-13/h3-7,9-10H,8H2,1-2H3,(H,20,23)(H,21,24)(H,22,25). The van der Waals surface area contributed by atoms with Crippen molar-refractivity contribution in [2.75, 3.05) is 10.6 Å². The molecule has 4 rings (SSSR count). The van der Waals surface area contributed by atoms with Gasteiger partial charge in [-0.1, -0.05) is 12.1 Å². The van der Waals surface area contributed by atoms with E-state index in [1.165, 1.54) is 0 Å². The first-order chi connectivity index (χ1) is 11.9. The Kier molecular flexibility index (Phi) is 3.35. The van der Waals surface area contributed by atoms with Gasteiger partial charge in [0.1, 0.15) is 0 Å². The Balaban J connectivity index is 1.51. The van der Waals surface area contributed by atoms with Gasteiger partial charge in [-0.05, 0) is 49.2 Å². The number of H-pyrrole nitrogens is 1. The normalized spacial score (nSPS) is 15.0. The van der Waals surface area contributed by atoms with Gasteiger partial charge in [0.05, 0.1) is 23.5 Å². The minimum atomic E-state index is -0.576. The lowest BCUT2D eigenvalue weighted by Crippen LogP contribution is -2.27. The zero-order valence-electron chi connectivity index (χ0n) is 14.0. The number of carbonyl (C=O) groups is 2. The maximum Gasteiger partial charge on any atom is 0.234 e. The third-order valence-corrected chi connectivity index (χ3v) is 4.66. The second-order valence-corrected chi connectivity index (χ2v) is 6.86. The Hall–Kier alpha value is -3.15. The van der Waals surface area contributed by atoms with Crippen molar-refractivity contribution in [1.29, 1.82) is 0 Å². The first-order valence-electron chi connectivity index (χ1n) is 8.11. The van der Waals surface area contributed by atoms with Crippen molar-refractivity contribution in [3.8, 4) is 0 Å². The van der Waals surface area contributed by atoms with E-state index in [0.717, 1.165) is 33.4 Å². The van der Waals surface area contributed by atoms with E-state index in [1.54, 1.807) is 6.20 Å². The summed E-state index contributed by atoms with van der Waals surface area (Å²) in [6.07, 6.45) is 1.99. The Morgan fingerprint density at radius 2 is 2.04 bits per heavy atom. The maximum absolute atomic E-state index is 12.4. The molecule has 2 heterocycles. The van der Waals surface area contributed by atoms with Crippen molar-refractivity contribution >= 4 is 34.1 Å². The Morgan fingerprint density at radius 3 is 2.88 bits per heavy atom. The number of hydrogen-bond acceptors (Lipinski definition) is 3. The average Bonchev–Trinajstić information content (AvgIpc) is 3.11. The molecule has 25 heavy (non-hydrogen) atoms. The molecule has 3 N–H and O–H groups in total. The lowest BCUT2D eigenvalue weighted by molar-refractivity contribution is -0.119. The molecule has 1 aromatic heterocycles. The molecule has 0 radical (unpaired) electrons. The predicted molar refractivity (Wildman–Crippen MR) is 96.5 cm³/mol. The molecule has 2 aromatic carbocycles. The van der Waals surface area contributed by atoms with Gasteiger partial charge >= 0.3 is 0 Å². The van der Waals surface area contributed by atoms with Crippen LogP contribution >= 0.6 is 0 Å². The Bertz CT molecular complexity index is 1000. The van der Waals surface area contributed by atoms with E-state index in [2.05, 4.69) is 20.8 Å². The summed E-state index contributed by atoms with van der Waals surface area (Å²) in [5, 5.41) is 13.6.